The second-order valence-electron chi connectivity index (χ2n) is 4.60. The first-order valence-corrected chi connectivity index (χ1v) is 6.05. The number of amides is 1. The minimum atomic E-state index is -0.904. The second kappa shape index (κ2) is 6.79. The monoisotopic (exact) mass is 249 g/mol. The van der Waals surface area contributed by atoms with E-state index in [0.717, 1.165) is 5.56 Å². The van der Waals surface area contributed by atoms with E-state index >= 15 is 0 Å². The average Bonchev–Trinajstić information content (AvgIpc) is 2.28. The predicted molar refractivity (Wildman–Crippen MR) is 69.2 cm³/mol. The van der Waals surface area contributed by atoms with Gasteiger partial charge in [-0.25, -0.2) is 0 Å². The van der Waals surface area contributed by atoms with Crippen LogP contribution in [0, 0.1) is 5.92 Å². The van der Waals surface area contributed by atoms with Crippen molar-refractivity contribution in [3.05, 3.63) is 35.9 Å². The Morgan fingerprint density at radius 2 is 1.83 bits per heavy atom. The van der Waals surface area contributed by atoms with E-state index in [9.17, 15) is 9.59 Å². The van der Waals surface area contributed by atoms with E-state index in [1.54, 1.807) is 6.92 Å². The molecule has 2 atom stereocenters. The Bertz CT molecular complexity index is 403. The van der Waals surface area contributed by atoms with Gasteiger partial charge in [0.05, 0.1) is 6.42 Å². The molecule has 0 fully saturated rings. The van der Waals surface area contributed by atoms with E-state index in [4.69, 9.17) is 5.11 Å². The van der Waals surface area contributed by atoms with Crippen molar-refractivity contribution in [2.45, 2.75) is 32.7 Å². The van der Waals surface area contributed by atoms with Crippen LogP contribution in [0.5, 0.6) is 0 Å². The van der Waals surface area contributed by atoms with Crippen LogP contribution in [0.4, 0.5) is 0 Å². The molecule has 0 bridgehead atoms. The summed E-state index contributed by atoms with van der Waals surface area (Å²) in [5.41, 5.74) is 1.10. The molecule has 0 aromatic heterocycles. The standard InChI is InChI=1S/C14H19NO3/c1-10(8-12-6-4-3-5-7-12)14(18)15-11(2)9-13(16)17/h3-7,10-11H,8-9H2,1-2H3,(H,15,18)(H,16,17)/t10-,11-/m0/s1. The molecular formula is C14H19NO3. The number of carbonyl (C=O) groups excluding carboxylic acids is 1. The number of carboxylic acid groups (broad SMARTS) is 1. The lowest BCUT2D eigenvalue weighted by atomic mass is 10.00. The summed E-state index contributed by atoms with van der Waals surface area (Å²) in [6, 6.07) is 9.42. The zero-order valence-electron chi connectivity index (χ0n) is 10.7. The zero-order chi connectivity index (χ0) is 13.5. The Morgan fingerprint density at radius 1 is 1.22 bits per heavy atom. The maximum atomic E-state index is 11.8. The topological polar surface area (TPSA) is 66.4 Å². The molecule has 2 N–H and O–H groups in total. The molecule has 1 aromatic carbocycles. The normalized spacial score (nSPS) is 13.7. The number of benzene rings is 1. The van der Waals surface area contributed by atoms with Crippen molar-refractivity contribution >= 4 is 11.9 Å². The van der Waals surface area contributed by atoms with Gasteiger partial charge >= 0.3 is 5.97 Å². The van der Waals surface area contributed by atoms with Gasteiger partial charge in [-0.05, 0) is 18.9 Å². The van der Waals surface area contributed by atoms with Gasteiger partial charge in [0.2, 0.25) is 5.91 Å². The fourth-order valence-corrected chi connectivity index (χ4v) is 1.76. The van der Waals surface area contributed by atoms with E-state index in [0.29, 0.717) is 6.42 Å². The number of hydrogen-bond acceptors (Lipinski definition) is 2. The third kappa shape index (κ3) is 4.99. The van der Waals surface area contributed by atoms with E-state index in [1.807, 2.05) is 37.3 Å². The number of hydrogen-bond donors (Lipinski definition) is 2. The van der Waals surface area contributed by atoms with E-state index in [2.05, 4.69) is 5.32 Å². The lowest BCUT2D eigenvalue weighted by Crippen LogP contribution is -2.38. The van der Waals surface area contributed by atoms with Crippen LogP contribution in [-0.2, 0) is 16.0 Å². The summed E-state index contributed by atoms with van der Waals surface area (Å²) in [5.74, 6) is -1.17. The molecule has 1 aromatic rings. The van der Waals surface area contributed by atoms with Gasteiger partial charge in [0.1, 0.15) is 0 Å². The quantitative estimate of drug-likeness (QED) is 0.808. The first kappa shape index (κ1) is 14.2. The minimum absolute atomic E-state index is 0.0518. The highest BCUT2D eigenvalue weighted by molar-refractivity contribution is 5.79. The van der Waals surface area contributed by atoms with Crippen LogP contribution in [0.3, 0.4) is 0 Å². The highest BCUT2D eigenvalue weighted by Crippen LogP contribution is 2.08. The SMILES string of the molecule is C[C@@H](CC(=O)O)NC(=O)[C@@H](C)Cc1ccccc1. The largest absolute Gasteiger partial charge is 0.481 e. The van der Waals surface area contributed by atoms with Crippen molar-refractivity contribution in [1.29, 1.82) is 0 Å². The van der Waals surface area contributed by atoms with E-state index in [1.165, 1.54) is 0 Å². The van der Waals surface area contributed by atoms with E-state index in [-0.39, 0.29) is 24.3 Å². The number of rotatable bonds is 6. The Balaban J connectivity index is 2.44. The summed E-state index contributed by atoms with van der Waals surface area (Å²) < 4.78 is 0. The summed E-state index contributed by atoms with van der Waals surface area (Å²) in [6.45, 7) is 3.54. The van der Waals surface area contributed by atoms with E-state index < -0.39 is 5.97 Å². The molecule has 4 nitrogen and oxygen atoms in total. The van der Waals surface area contributed by atoms with Crippen LogP contribution in [0.2, 0.25) is 0 Å². The number of nitrogens with one attached hydrogen (secondary N) is 1. The molecular weight excluding hydrogens is 230 g/mol. The molecule has 1 rings (SSSR count). The van der Waals surface area contributed by atoms with Crippen LogP contribution in [-0.4, -0.2) is 23.0 Å². The first-order chi connectivity index (χ1) is 8.49. The molecule has 0 aliphatic rings. The summed E-state index contributed by atoms with van der Waals surface area (Å²) in [5, 5.41) is 11.3. The van der Waals surface area contributed by atoms with Crippen molar-refractivity contribution in [2.24, 2.45) is 5.92 Å². The molecule has 18 heavy (non-hydrogen) atoms. The van der Waals surface area contributed by atoms with Crippen molar-refractivity contribution in [3.8, 4) is 0 Å². The third-order valence-electron chi connectivity index (χ3n) is 2.70. The van der Waals surface area contributed by atoms with Gasteiger partial charge in [-0.15, -0.1) is 0 Å². The lowest BCUT2D eigenvalue weighted by molar-refractivity contribution is -0.137. The molecule has 4 heteroatoms. The smallest absolute Gasteiger partial charge is 0.305 e. The average molecular weight is 249 g/mol. The van der Waals surface area contributed by atoms with Gasteiger partial charge in [0.25, 0.3) is 0 Å². The van der Waals surface area contributed by atoms with Gasteiger partial charge in [-0.1, -0.05) is 37.3 Å². The molecule has 98 valence electrons. The number of carboxylic acids is 1. The van der Waals surface area contributed by atoms with Crippen molar-refractivity contribution in [3.63, 3.8) is 0 Å². The van der Waals surface area contributed by atoms with Crippen molar-refractivity contribution in [2.75, 3.05) is 0 Å². The number of carbonyl (C=O) groups is 2. The molecule has 0 aliphatic carbocycles. The van der Waals surface area contributed by atoms with Gasteiger partial charge in [-0.2, -0.15) is 0 Å². The third-order valence-corrected chi connectivity index (χ3v) is 2.70. The maximum absolute atomic E-state index is 11.8. The fraction of sp³-hybridized carbons (Fsp3) is 0.429. The van der Waals surface area contributed by atoms with Gasteiger partial charge in [0.15, 0.2) is 0 Å². The molecule has 1 amide bonds. The molecule has 0 spiro atoms. The van der Waals surface area contributed by atoms with Crippen molar-refractivity contribution in [1.82, 2.24) is 5.32 Å². The Hall–Kier alpha value is -1.84. The molecule has 0 aliphatic heterocycles. The Labute approximate surface area is 107 Å². The summed E-state index contributed by atoms with van der Waals surface area (Å²) in [6.07, 6.45) is 0.607. The van der Waals surface area contributed by atoms with Crippen LogP contribution in [0.1, 0.15) is 25.8 Å². The molecule has 0 saturated carbocycles. The number of aliphatic carboxylic acids is 1. The van der Waals surface area contributed by atoms with Gasteiger partial charge in [-0.3, -0.25) is 9.59 Å². The molecule has 0 unspecified atom stereocenters. The van der Waals surface area contributed by atoms with Crippen LogP contribution >= 0.6 is 0 Å². The van der Waals surface area contributed by atoms with Gasteiger partial charge in [0, 0.05) is 12.0 Å². The molecule has 0 saturated heterocycles. The second-order valence-corrected chi connectivity index (χ2v) is 4.60. The van der Waals surface area contributed by atoms with Crippen LogP contribution in [0.25, 0.3) is 0 Å². The minimum Gasteiger partial charge on any atom is -0.481 e. The highest BCUT2D eigenvalue weighted by atomic mass is 16.4. The summed E-state index contributed by atoms with van der Waals surface area (Å²) >= 11 is 0. The summed E-state index contributed by atoms with van der Waals surface area (Å²) in [7, 11) is 0. The zero-order valence-corrected chi connectivity index (χ0v) is 10.7. The molecule has 0 radical (unpaired) electrons. The van der Waals surface area contributed by atoms with Crippen LogP contribution in [0.15, 0.2) is 30.3 Å². The molecule has 0 heterocycles. The fourth-order valence-electron chi connectivity index (χ4n) is 1.76. The highest BCUT2D eigenvalue weighted by Gasteiger charge is 2.16. The van der Waals surface area contributed by atoms with Crippen molar-refractivity contribution < 1.29 is 14.7 Å². The predicted octanol–water partition coefficient (Wildman–Crippen LogP) is 1.84. The van der Waals surface area contributed by atoms with Gasteiger partial charge < -0.3 is 10.4 Å². The Kier molecular flexibility index (Phi) is 5.36. The van der Waals surface area contributed by atoms with Crippen LogP contribution < -0.4 is 5.32 Å². The summed E-state index contributed by atoms with van der Waals surface area (Å²) in [4.78, 5) is 22.3. The first-order valence-electron chi connectivity index (χ1n) is 6.05. The maximum Gasteiger partial charge on any atom is 0.305 e. The lowest BCUT2D eigenvalue weighted by Gasteiger charge is -2.16. The Morgan fingerprint density at radius 3 is 2.39 bits per heavy atom.